The van der Waals surface area contributed by atoms with E-state index in [4.69, 9.17) is 0 Å². The van der Waals surface area contributed by atoms with Gasteiger partial charge in [0.05, 0.1) is 6.04 Å². The Morgan fingerprint density at radius 1 is 1.29 bits per heavy atom. The predicted molar refractivity (Wildman–Crippen MR) is 104 cm³/mol. The number of aryl methyl sites for hydroxylation is 1. The van der Waals surface area contributed by atoms with Crippen LogP contribution in [0.25, 0.3) is 0 Å². The fourth-order valence-electron chi connectivity index (χ4n) is 3.65. The highest BCUT2D eigenvalue weighted by Crippen LogP contribution is 2.33. The first kappa shape index (κ1) is 21.7. The third-order valence-corrected chi connectivity index (χ3v) is 6.03. The van der Waals surface area contributed by atoms with Crippen LogP contribution in [0.3, 0.4) is 0 Å². The molecule has 0 saturated carbocycles. The molecule has 1 unspecified atom stereocenters. The number of likely N-dealkylation sites (tertiary alicyclic amines) is 1. The summed E-state index contributed by atoms with van der Waals surface area (Å²) in [6.45, 7) is 5.17. The molecule has 0 aliphatic carbocycles. The van der Waals surface area contributed by atoms with Gasteiger partial charge in [0.25, 0.3) is 0 Å². The Kier molecular flexibility index (Phi) is 9.57. The van der Waals surface area contributed by atoms with Gasteiger partial charge in [-0.2, -0.15) is 0 Å². The lowest BCUT2D eigenvalue weighted by molar-refractivity contribution is -0.135. The number of halogens is 2. The van der Waals surface area contributed by atoms with Crippen LogP contribution in [0, 0.1) is 12.8 Å². The maximum atomic E-state index is 12.7. The van der Waals surface area contributed by atoms with Crippen molar-refractivity contribution in [1.82, 2.24) is 15.2 Å². The molecule has 2 saturated heterocycles. The summed E-state index contributed by atoms with van der Waals surface area (Å²) in [5, 5.41) is 6.63. The van der Waals surface area contributed by atoms with E-state index in [1.807, 2.05) is 6.92 Å². The van der Waals surface area contributed by atoms with Crippen LogP contribution in [0.4, 0.5) is 0 Å². The summed E-state index contributed by atoms with van der Waals surface area (Å²) in [4.78, 5) is 19.5. The molecule has 138 valence electrons. The van der Waals surface area contributed by atoms with Gasteiger partial charge in [0.15, 0.2) is 0 Å². The molecule has 0 spiro atoms. The number of carbonyl (C=O) groups is 1. The third kappa shape index (κ3) is 5.58. The Balaban J connectivity index is 0.00000144. The van der Waals surface area contributed by atoms with Gasteiger partial charge in [0, 0.05) is 24.0 Å². The Labute approximate surface area is 161 Å². The molecule has 1 aromatic heterocycles. The van der Waals surface area contributed by atoms with Crippen LogP contribution in [0.15, 0.2) is 5.38 Å². The van der Waals surface area contributed by atoms with Gasteiger partial charge in [-0.15, -0.1) is 36.2 Å². The van der Waals surface area contributed by atoms with Crippen LogP contribution < -0.4 is 5.32 Å². The fraction of sp³-hybridized carbons (Fsp3) is 0.765. The lowest BCUT2D eigenvalue weighted by Crippen LogP contribution is -2.38. The summed E-state index contributed by atoms with van der Waals surface area (Å²) in [5.41, 5.74) is 1.08. The number of carbonyl (C=O) groups excluding carboxylic acids is 1. The van der Waals surface area contributed by atoms with Crippen molar-refractivity contribution < 1.29 is 4.79 Å². The van der Waals surface area contributed by atoms with E-state index in [1.54, 1.807) is 11.3 Å². The fourth-order valence-corrected chi connectivity index (χ4v) is 4.60. The van der Waals surface area contributed by atoms with Gasteiger partial charge in [-0.1, -0.05) is 0 Å². The van der Waals surface area contributed by atoms with Gasteiger partial charge in [0.2, 0.25) is 5.91 Å². The van der Waals surface area contributed by atoms with Crippen molar-refractivity contribution in [3.05, 3.63) is 16.1 Å². The number of amides is 1. The second kappa shape index (κ2) is 10.6. The molecular formula is C17H29Cl2N3OS. The Morgan fingerprint density at radius 3 is 2.71 bits per heavy atom. The molecule has 1 aromatic rings. The SMILES string of the molecule is Cc1csc(C2CCCCN2C(=O)CCC2CCNCC2)n1.Cl.Cl. The molecule has 2 aliphatic rings. The van der Waals surface area contributed by atoms with E-state index in [1.165, 1.54) is 19.3 Å². The van der Waals surface area contributed by atoms with Gasteiger partial charge in [-0.05, 0) is 64.5 Å². The summed E-state index contributed by atoms with van der Waals surface area (Å²) in [6.07, 6.45) is 7.64. The van der Waals surface area contributed by atoms with E-state index in [-0.39, 0.29) is 30.9 Å². The minimum atomic E-state index is 0. The zero-order valence-electron chi connectivity index (χ0n) is 14.3. The van der Waals surface area contributed by atoms with Crippen molar-refractivity contribution in [3.63, 3.8) is 0 Å². The maximum absolute atomic E-state index is 12.7. The molecule has 0 bridgehead atoms. The monoisotopic (exact) mass is 393 g/mol. The number of aromatic nitrogens is 1. The number of nitrogens with one attached hydrogen (secondary N) is 1. The van der Waals surface area contributed by atoms with Crippen molar-refractivity contribution in [2.45, 2.75) is 57.9 Å². The van der Waals surface area contributed by atoms with Crippen molar-refractivity contribution in [2.75, 3.05) is 19.6 Å². The van der Waals surface area contributed by atoms with Crippen molar-refractivity contribution in [2.24, 2.45) is 5.92 Å². The second-order valence-electron chi connectivity index (χ2n) is 6.66. The van der Waals surface area contributed by atoms with E-state index in [0.29, 0.717) is 12.3 Å². The van der Waals surface area contributed by atoms with Gasteiger partial charge >= 0.3 is 0 Å². The molecule has 3 rings (SSSR count). The number of nitrogens with zero attached hydrogens (tertiary/aromatic N) is 2. The largest absolute Gasteiger partial charge is 0.333 e. The summed E-state index contributed by atoms with van der Waals surface area (Å²) in [5.74, 6) is 1.08. The molecule has 7 heteroatoms. The number of piperidine rings is 2. The normalized spacial score (nSPS) is 21.7. The average molecular weight is 394 g/mol. The van der Waals surface area contributed by atoms with Gasteiger partial charge in [0.1, 0.15) is 5.01 Å². The molecule has 1 N–H and O–H groups in total. The molecule has 2 aliphatic heterocycles. The van der Waals surface area contributed by atoms with E-state index in [2.05, 4.69) is 20.6 Å². The molecule has 4 nitrogen and oxygen atoms in total. The van der Waals surface area contributed by atoms with Gasteiger partial charge < -0.3 is 10.2 Å². The van der Waals surface area contributed by atoms with E-state index in [9.17, 15) is 4.79 Å². The standard InChI is InChI=1S/C17H27N3OS.2ClH/c1-13-12-22-17(19-13)15-4-2-3-11-20(15)16(21)6-5-14-7-9-18-10-8-14;;/h12,14-15,18H,2-11H2,1H3;2*1H. The van der Waals surface area contributed by atoms with Crippen LogP contribution in [0.2, 0.25) is 0 Å². The molecule has 0 radical (unpaired) electrons. The van der Waals surface area contributed by atoms with Crippen LogP contribution >= 0.6 is 36.2 Å². The first-order valence-corrected chi connectivity index (χ1v) is 9.54. The average Bonchev–Trinajstić information content (AvgIpc) is 3.00. The molecule has 3 heterocycles. The summed E-state index contributed by atoms with van der Waals surface area (Å²) >= 11 is 1.71. The van der Waals surface area contributed by atoms with Crippen LogP contribution in [-0.4, -0.2) is 35.4 Å². The molecule has 24 heavy (non-hydrogen) atoms. The van der Waals surface area contributed by atoms with E-state index >= 15 is 0 Å². The Morgan fingerprint density at radius 2 is 2.04 bits per heavy atom. The van der Waals surface area contributed by atoms with Crippen molar-refractivity contribution in [3.8, 4) is 0 Å². The third-order valence-electron chi connectivity index (χ3n) is 4.97. The van der Waals surface area contributed by atoms with Crippen molar-refractivity contribution >= 4 is 42.1 Å². The second-order valence-corrected chi connectivity index (χ2v) is 7.55. The molecule has 1 amide bonds. The zero-order chi connectivity index (χ0) is 15.4. The highest BCUT2D eigenvalue weighted by Gasteiger charge is 2.30. The number of thiazole rings is 1. The maximum Gasteiger partial charge on any atom is 0.223 e. The molecule has 0 aromatic carbocycles. The summed E-state index contributed by atoms with van der Waals surface area (Å²) in [6, 6.07) is 0.230. The number of hydrogen-bond acceptors (Lipinski definition) is 4. The van der Waals surface area contributed by atoms with Crippen LogP contribution in [-0.2, 0) is 4.79 Å². The first-order chi connectivity index (χ1) is 10.7. The summed E-state index contributed by atoms with van der Waals surface area (Å²) in [7, 11) is 0. The Bertz CT molecular complexity index is 506. The van der Waals surface area contributed by atoms with Crippen LogP contribution in [0.1, 0.15) is 61.7 Å². The smallest absolute Gasteiger partial charge is 0.223 e. The number of hydrogen-bond donors (Lipinski definition) is 1. The van der Waals surface area contributed by atoms with E-state index < -0.39 is 0 Å². The first-order valence-electron chi connectivity index (χ1n) is 8.66. The zero-order valence-corrected chi connectivity index (χ0v) is 16.8. The Hall–Kier alpha value is -0.360. The molecule has 1 atom stereocenters. The quantitative estimate of drug-likeness (QED) is 0.835. The highest BCUT2D eigenvalue weighted by atomic mass is 35.5. The molecule has 2 fully saturated rings. The summed E-state index contributed by atoms with van der Waals surface area (Å²) < 4.78 is 0. The van der Waals surface area contributed by atoms with Crippen molar-refractivity contribution in [1.29, 1.82) is 0 Å². The highest BCUT2D eigenvalue weighted by molar-refractivity contribution is 7.09. The van der Waals surface area contributed by atoms with Crippen LogP contribution in [0.5, 0.6) is 0 Å². The topological polar surface area (TPSA) is 45.2 Å². The lowest BCUT2D eigenvalue weighted by Gasteiger charge is -2.35. The minimum absolute atomic E-state index is 0. The minimum Gasteiger partial charge on any atom is -0.333 e. The lowest BCUT2D eigenvalue weighted by atomic mass is 9.92. The molecular weight excluding hydrogens is 365 g/mol. The predicted octanol–water partition coefficient (Wildman–Crippen LogP) is 4.13. The van der Waals surface area contributed by atoms with Gasteiger partial charge in [-0.25, -0.2) is 4.98 Å². The van der Waals surface area contributed by atoms with Gasteiger partial charge in [-0.3, -0.25) is 4.79 Å². The number of rotatable bonds is 4. The van der Waals surface area contributed by atoms with E-state index in [0.717, 1.165) is 55.5 Å².